The number of amides is 1. The minimum atomic E-state index is 0.0674. The van der Waals surface area contributed by atoms with Gasteiger partial charge >= 0.3 is 0 Å². The minimum Gasteiger partial charge on any atom is -0.464 e. The van der Waals surface area contributed by atoms with Gasteiger partial charge in [0.2, 0.25) is 5.91 Å². The molecule has 0 bridgehead atoms. The maximum Gasteiger partial charge on any atom is 0.220 e. The fourth-order valence-corrected chi connectivity index (χ4v) is 3.62. The predicted octanol–water partition coefficient (Wildman–Crippen LogP) is 4.95. The van der Waals surface area contributed by atoms with Crippen molar-refractivity contribution >= 4 is 28.8 Å². The zero-order chi connectivity index (χ0) is 16.8. The number of nitrogens with one attached hydrogen (secondary N) is 1. The summed E-state index contributed by atoms with van der Waals surface area (Å²) in [6.45, 7) is 0.645. The molecule has 0 spiro atoms. The van der Waals surface area contributed by atoms with Crippen LogP contribution in [0.5, 0.6) is 0 Å². The van der Waals surface area contributed by atoms with E-state index in [0.29, 0.717) is 24.4 Å². The molecule has 1 amide bonds. The van der Waals surface area contributed by atoms with Crippen molar-refractivity contribution in [3.8, 4) is 10.6 Å². The SMILES string of the molecule is O=C(CCc1cccc(Cl)c1)NCCc1ccc(-c2ccco2)s1. The van der Waals surface area contributed by atoms with E-state index >= 15 is 0 Å². The van der Waals surface area contributed by atoms with Crippen LogP contribution in [0.3, 0.4) is 0 Å². The highest BCUT2D eigenvalue weighted by molar-refractivity contribution is 7.15. The number of carbonyl (C=O) groups is 1. The minimum absolute atomic E-state index is 0.0674. The molecule has 2 aromatic heterocycles. The molecule has 1 N–H and O–H groups in total. The van der Waals surface area contributed by atoms with Gasteiger partial charge < -0.3 is 9.73 Å². The van der Waals surface area contributed by atoms with Crippen LogP contribution in [0.15, 0.2) is 59.2 Å². The van der Waals surface area contributed by atoms with E-state index in [0.717, 1.165) is 22.6 Å². The molecule has 3 nitrogen and oxygen atoms in total. The van der Waals surface area contributed by atoms with Crippen molar-refractivity contribution in [2.24, 2.45) is 0 Å². The average Bonchev–Trinajstić information content (AvgIpc) is 3.24. The smallest absolute Gasteiger partial charge is 0.220 e. The van der Waals surface area contributed by atoms with E-state index in [1.807, 2.05) is 36.4 Å². The zero-order valence-electron chi connectivity index (χ0n) is 13.1. The maximum absolute atomic E-state index is 11.9. The predicted molar refractivity (Wildman–Crippen MR) is 98.5 cm³/mol. The number of benzene rings is 1. The number of halogens is 1. The molecule has 0 aliphatic heterocycles. The molecule has 0 aliphatic rings. The molecule has 2 heterocycles. The van der Waals surface area contributed by atoms with Gasteiger partial charge in [-0.2, -0.15) is 0 Å². The topological polar surface area (TPSA) is 42.2 Å². The Morgan fingerprint density at radius 2 is 2.04 bits per heavy atom. The van der Waals surface area contributed by atoms with E-state index < -0.39 is 0 Å². The van der Waals surface area contributed by atoms with Gasteiger partial charge in [0.05, 0.1) is 11.1 Å². The Balaban J connectivity index is 1.40. The van der Waals surface area contributed by atoms with Crippen LogP contribution in [-0.2, 0) is 17.6 Å². The highest BCUT2D eigenvalue weighted by Crippen LogP contribution is 2.28. The van der Waals surface area contributed by atoms with Gasteiger partial charge in [-0.05, 0) is 54.8 Å². The molecule has 0 unspecified atom stereocenters. The first kappa shape index (κ1) is 16.8. The fraction of sp³-hybridized carbons (Fsp3) is 0.211. The molecular formula is C19H18ClNO2S. The number of hydrogen-bond acceptors (Lipinski definition) is 3. The van der Waals surface area contributed by atoms with E-state index in [-0.39, 0.29) is 5.91 Å². The Hall–Kier alpha value is -2.04. The molecule has 0 aliphatic carbocycles. The molecular weight excluding hydrogens is 342 g/mol. The maximum atomic E-state index is 11.9. The average molecular weight is 360 g/mol. The summed E-state index contributed by atoms with van der Waals surface area (Å²) in [5.74, 6) is 0.953. The largest absolute Gasteiger partial charge is 0.464 e. The van der Waals surface area contributed by atoms with Crippen molar-refractivity contribution in [2.75, 3.05) is 6.54 Å². The van der Waals surface area contributed by atoms with Crippen LogP contribution in [-0.4, -0.2) is 12.5 Å². The van der Waals surface area contributed by atoms with E-state index in [2.05, 4.69) is 17.4 Å². The number of hydrogen-bond donors (Lipinski definition) is 1. The first-order chi connectivity index (χ1) is 11.7. The van der Waals surface area contributed by atoms with Gasteiger partial charge in [0.15, 0.2) is 0 Å². The molecule has 24 heavy (non-hydrogen) atoms. The molecule has 1 aromatic carbocycles. The Labute approximate surface area is 150 Å². The lowest BCUT2D eigenvalue weighted by molar-refractivity contribution is -0.121. The third-order valence-electron chi connectivity index (χ3n) is 3.65. The summed E-state index contributed by atoms with van der Waals surface area (Å²) in [5.41, 5.74) is 1.08. The van der Waals surface area contributed by atoms with Crippen molar-refractivity contribution in [2.45, 2.75) is 19.3 Å². The second kappa shape index (κ2) is 8.18. The summed E-state index contributed by atoms with van der Waals surface area (Å²) < 4.78 is 5.39. The van der Waals surface area contributed by atoms with Crippen LogP contribution in [0, 0.1) is 0 Å². The molecule has 124 valence electrons. The lowest BCUT2D eigenvalue weighted by Crippen LogP contribution is -2.25. The monoisotopic (exact) mass is 359 g/mol. The molecule has 3 rings (SSSR count). The Bertz CT molecular complexity index is 795. The van der Waals surface area contributed by atoms with E-state index in [1.54, 1.807) is 17.6 Å². The van der Waals surface area contributed by atoms with Crippen LogP contribution in [0.25, 0.3) is 10.6 Å². The van der Waals surface area contributed by atoms with Crippen molar-refractivity contribution in [1.82, 2.24) is 5.32 Å². The summed E-state index contributed by atoms with van der Waals surface area (Å²) in [5, 5.41) is 3.68. The van der Waals surface area contributed by atoms with Crippen LogP contribution >= 0.6 is 22.9 Å². The van der Waals surface area contributed by atoms with E-state index in [9.17, 15) is 4.79 Å². The molecule has 0 fully saturated rings. The van der Waals surface area contributed by atoms with Crippen molar-refractivity contribution in [3.05, 3.63) is 70.3 Å². The van der Waals surface area contributed by atoms with Crippen molar-refractivity contribution in [1.29, 1.82) is 0 Å². The zero-order valence-corrected chi connectivity index (χ0v) is 14.7. The van der Waals surface area contributed by atoms with Gasteiger partial charge in [-0.1, -0.05) is 23.7 Å². The molecule has 5 heteroatoms. The lowest BCUT2D eigenvalue weighted by Gasteiger charge is -2.05. The fourth-order valence-electron chi connectivity index (χ4n) is 2.43. The normalized spacial score (nSPS) is 10.7. The van der Waals surface area contributed by atoms with Gasteiger partial charge in [0.1, 0.15) is 5.76 Å². The third-order valence-corrected chi connectivity index (χ3v) is 5.04. The van der Waals surface area contributed by atoms with Gasteiger partial charge in [-0.15, -0.1) is 11.3 Å². The molecule has 0 saturated carbocycles. The first-order valence-electron chi connectivity index (χ1n) is 7.84. The van der Waals surface area contributed by atoms with E-state index in [1.165, 1.54) is 4.88 Å². The second-order valence-corrected chi connectivity index (χ2v) is 7.08. The standard InChI is InChI=1S/C19H18ClNO2S/c20-15-4-1-3-14(13-15)6-9-19(22)21-11-10-16-7-8-18(24-16)17-5-2-12-23-17/h1-5,7-8,12-13H,6,9-11H2,(H,21,22). The third kappa shape index (κ3) is 4.73. The van der Waals surface area contributed by atoms with Crippen molar-refractivity contribution < 1.29 is 9.21 Å². The Morgan fingerprint density at radius 1 is 1.12 bits per heavy atom. The van der Waals surface area contributed by atoms with Crippen LogP contribution in [0.2, 0.25) is 5.02 Å². The number of furan rings is 1. The highest BCUT2D eigenvalue weighted by atomic mass is 35.5. The number of carbonyl (C=O) groups excluding carboxylic acids is 1. The van der Waals surface area contributed by atoms with Gasteiger partial charge in [0, 0.05) is 22.9 Å². The summed E-state index contributed by atoms with van der Waals surface area (Å²) in [6.07, 6.45) is 3.68. The molecule has 0 atom stereocenters. The Morgan fingerprint density at radius 3 is 2.83 bits per heavy atom. The highest BCUT2D eigenvalue weighted by Gasteiger charge is 2.06. The number of thiophene rings is 1. The van der Waals surface area contributed by atoms with Gasteiger partial charge in [-0.3, -0.25) is 4.79 Å². The number of aryl methyl sites for hydroxylation is 1. The van der Waals surface area contributed by atoms with Crippen LogP contribution in [0.1, 0.15) is 16.9 Å². The summed E-state index contributed by atoms with van der Waals surface area (Å²) in [7, 11) is 0. The first-order valence-corrected chi connectivity index (χ1v) is 9.04. The Kier molecular flexibility index (Phi) is 5.72. The van der Waals surface area contributed by atoms with Crippen LogP contribution < -0.4 is 5.32 Å². The quantitative estimate of drug-likeness (QED) is 0.648. The van der Waals surface area contributed by atoms with Gasteiger partial charge in [0.25, 0.3) is 0 Å². The molecule has 3 aromatic rings. The molecule has 0 saturated heterocycles. The number of rotatable bonds is 7. The summed E-state index contributed by atoms with van der Waals surface area (Å²) >= 11 is 7.64. The summed E-state index contributed by atoms with van der Waals surface area (Å²) in [6, 6.07) is 15.6. The summed E-state index contributed by atoms with van der Waals surface area (Å²) in [4.78, 5) is 14.3. The van der Waals surface area contributed by atoms with Crippen LogP contribution in [0.4, 0.5) is 0 Å². The second-order valence-electron chi connectivity index (χ2n) is 5.47. The molecule has 0 radical (unpaired) electrons. The van der Waals surface area contributed by atoms with Gasteiger partial charge in [-0.25, -0.2) is 0 Å². The lowest BCUT2D eigenvalue weighted by atomic mass is 10.1. The van der Waals surface area contributed by atoms with E-state index in [4.69, 9.17) is 16.0 Å². The van der Waals surface area contributed by atoms with Crippen molar-refractivity contribution in [3.63, 3.8) is 0 Å².